The van der Waals surface area contributed by atoms with E-state index in [0.717, 1.165) is 120 Å². The first-order valence-corrected chi connectivity index (χ1v) is 28.1. The van der Waals surface area contributed by atoms with Crippen molar-refractivity contribution in [2.45, 2.75) is 65.2 Å². The number of imidazole rings is 1. The summed E-state index contributed by atoms with van der Waals surface area (Å²) in [6.07, 6.45) is 7.83. The molecule has 0 aliphatic rings. The van der Waals surface area contributed by atoms with Crippen molar-refractivity contribution < 1.29 is 28.9 Å². The summed E-state index contributed by atoms with van der Waals surface area (Å²) >= 11 is 0. The standard InChI is InChI=1S/C43H33N2O2.C32H26N2.Ir/c1-25(2)34-22-28(27-20-21-31-29-12-5-9-18-38(29)46-40(31)24-27)23-35(26(3)4)41(34)45-37-17-8-7-16-36(37)44-43(45)33-15-11-14-32-30-13-6-10-19-39(30)47-42(32)33;1-2-9-29(10-3-1)32-21-18-28(24-34-32)15-14-27-8-6-7-26(23-27)13-12-25-16-19-30(20-17-25)31-11-4-5-22-33-31;/h5-14,16-26H,1-4H3;1-9,11,16-19,21-24H,12-15H2;/q-1;-2;+3. The Kier molecular flexibility index (Phi) is 15.4. The number of aromatic nitrogens is 4. The van der Waals surface area contributed by atoms with Gasteiger partial charge < -0.3 is 23.4 Å². The van der Waals surface area contributed by atoms with E-state index in [4.69, 9.17) is 13.8 Å². The molecule has 0 aliphatic heterocycles. The Labute approximate surface area is 492 Å². The molecule has 0 radical (unpaired) electrons. The van der Waals surface area contributed by atoms with Crippen molar-refractivity contribution in [1.29, 1.82) is 0 Å². The third kappa shape index (κ3) is 10.9. The summed E-state index contributed by atoms with van der Waals surface area (Å²) in [7, 11) is 0. The van der Waals surface area contributed by atoms with E-state index in [1.165, 1.54) is 44.6 Å². The van der Waals surface area contributed by atoms with E-state index < -0.39 is 0 Å². The molecule has 0 fully saturated rings. The predicted molar refractivity (Wildman–Crippen MR) is 332 cm³/mol. The van der Waals surface area contributed by atoms with E-state index >= 15 is 0 Å². The molecular weight excluding hydrogens is 1180 g/mol. The van der Waals surface area contributed by atoms with Gasteiger partial charge in [0.2, 0.25) is 0 Å². The summed E-state index contributed by atoms with van der Waals surface area (Å²) in [6, 6.07) is 84.0. The maximum Gasteiger partial charge on any atom is 3.00 e. The minimum atomic E-state index is 0. The molecule has 0 amide bonds. The number of hydrogen-bond donors (Lipinski definition) is 0. The van der Waals surface area contributed by atoms with Crippen LogP contribution >= 0.6 is 0 Å². The van der Waals surface area contributed by atoms with Crippen molar-refractivity contribution in [2.75, 3.05) is 0 Å². The second-order valence-electron chi connectivity index (χ2n) is 21.5. The third-order valence-electron chi connectivity index (χ3n) is 15.5. The van der Waals surface area contributed by atoms with Gasteiger partial charge in [-0.15, -0.1) is 89.5 Å². The van der Waals surface area contributed by atoms with Crippen LogP contribution in [0, 0.1) is 18.2 Å². The monoisotopic (exact) mass is 1240 g/mol. The number of hydrogen-bond acceptors (Lipinski definition) is 5. The van der Waals surface area contributed by atoms with E-state index in [2.05, 4.69) is 200 Å². The van der Waals surface area contributed by atoms with Gasteiger partial charge in [-0.3, -0.25) is 4.98 Å². The summed E-state index contributed by atoms with van der Waals surface area (Å²) in [6.45, 7) is 9.11. The maximum atomic E-state index is 6.52. The minimum absolute atomic E-state index is 0. The first-order chi connectivity index (χ1) is 39.8. The molecule has 9 aromatic carbocycles. The topological polar surface area (TPSA) is 69.9 Å². The molecule has 5 aromatic heterocycles. The zero-order valence-electron chi connectivity index (χ0n) is 46.3. The largest absolute Gasteiger partial charge is 3.00 e. The fraction of sp³-hybridized carbons (Fsp3) is 0.133. The Morgan fingerprint density at radius 1 is 0.463 bits per heavy atom. The molecule has 0 atom stereocenters. The molecule has 0 bridgehead atoms. The van der Waals surface area contributed by atoms with Crippen LogP contribution in [0.4, 0.5) is 0 Å². The normalized spacial score (nSPS) is 11.5. The van der Waals surface area contributed by atoms with Gasteiger partial charge in [0.25, 0.3) is 0 Å². The van der Waals surface area contributed by atoms with Gasteiger partial charge in [-0.25, -0.2) is 0 Å². The Morgan fingerprint density at radius 2 is 1.12 bits per heavy atom. The molecule has 400 valence electrons. The van der Waals surface area contributed by atoms with Gasteiger partial charge in [0.1, 0.15) is 16.7 Å². The molecule has 7 heteroatoms. The van der Waals surface area contributed by atoms with Crippen LogP contribution < -0.4 is 0 Å². The van der Waals surface area contributed by atoms with Gasteiger partial charge in [-0.1, -0.05) is 148 Å². The molecule has 5 heterocycles. The Morgan fingerprint density at radius 3 is 1.83 bits per heavy atom. The van der Waals surface area contributed by atoms with E-state index in [-0.39, 0.29) is 31.9 Å². The number of benzene rings is 9. The molecule has 0 saturated carbocycles. The molecule has 0 unspecified atom stereocenters. The zero-order valence-corrected chi connectivity index (χ0v) is 48.7. The summed E-state index contributed by atoms with van der Waals surface area (Å²) in [5.41, 5.74) is 21.7. The number of furan rings is 2. The van der Waals surface area contributed by atoms with E-state index in [1.54, 1.807) is 0 Å². The first-order valence-electron chi connectivity index (χ1n) is 28.1. The van der Waals surface area contributed by atoms with Crippen LogP contribution in [0.5, 0.6) is 0 Å². The SMILES string of the molecule is CC(C)c1cc(-c2ccc3c(c2)oc2ccccc23)cc(C(C)C)c1-n1c(-c2[c-]ccc3c2oc2ccccc23)nc2ccccc21.[Ir+3].[c-]1cc(CCc2cccc(CCc3ccc(-c4[c-]cccc4)nc3)c2)ccc1-c1ccccn1. The van der Waals surface area contributed by atoms with Crippen molar-refractivity contribution in [3.8, 4) is 50.7 Å². The average Bonchev–Trinajstić information content (AvgIpc) is 4.39. The first kappa shape index (κ1) is 53.6. The number of rotatable bonds is 13. The van der Waals surface area contributed by atoms with Crippen LogP contribution in [0.3, 0.4) is 0 Å². The van der Waals surface area contributed by atoms with Gasteiger partial charge in [0, 0.05) is 34.2 Å². The van der Waals surface area contributed by atoms with Gasteiger partial charge in [0.15, 0.2) is 0 Å². The zero-order chi connectivity index (χ0) is 54.8. The predicted octanol–water partition coefficient (Wildman–Crippen LogP) is 19.2. The number of para-hydroxylation sites is 4. The molecule has 0 N–H and O–H groups in total. The van der Waals surface area contributed by atoms with Crippen LogP contribution in [-0.4, -0.2) is 19.5 Å². The Balaban J connectivity index is 0.000000169. The van der Waals surface area contributed by atoms with Crippen molar-refractivity contribution in [2.24, 2.45) is 0 Å². The van der Waals surface area contributed by atoms with Gasteiger partial charge in [0.05, 0.1) is 22.4 Å². The van der Waals surface area contributed by atoms with Gasteiger partial charge in [-0.05, 0) is 136 Å². The van der Waals surface area contributed by atoms with Gasteiger partial charge in [-0.2, -0.15) is 0 Å². The van der Waals surface area contributed by atoms with Crippen LogP contribution in [0.1, 0.15) is 72.9 Å². The number of aryl methyl sites for hydroxylation is 4. The average molecular weight is 1240 g/mol. The van der Waals surface area contributed by atoms with Crippen LogP contribution in [-0.2, 0) is 45.8 Å². The molecule has 14 aromatic rings. The maximum absolute atomic E-state index is 6.52. The van der Waals surface area contributed by atoms with Crippen molar-refractivity contribution in [1.82, 2.24) is 19.5 Å². The second kappa shape index (κ2) is 23.6. The van der Waals surface area contributed by atoms with Crippen molar-refractivity contribution in [3.05, 3.63) is 276 Å². The molecule has 0 aliphatic carbocycles. The second-order valence-corrected chi connectivity index (χ2v) is 21.5. The summed E-state index contributed by atoms with van der Waals surface area (Å²) in [4.78, 5) is 14.3. The summed E-state index contributed by atoms with van der Waals surface area (Å²) < 4.78 is 15.2. The van der Waals surface area contributed by atoms with Crippen LogP contribution in [0.2, 0.25) is 0 Å². The van der Waals surface area contributed by atoms with Crippen molar-refractivity contribution >= 4 is 54.9 Å². The molecule has 0 spiro atoms. The van der Waals surface area contributed by atoms with E-state index in [0.29, 0.717) is 0 Å². The summed E-state index contributed by atoms with van der Waals surface area (Å²) in [5.74, 6) is 1.32. The fourth-order valence-electron chi connectivity index (χ4n) is 11.3. The van der Waals surface area contributed by atoms with E-state index in [1.807, 2.05) is 85.2 Å². The quantitative estimate of drug-likeness (QED) is 0.108. The fourth-order valence-corrected chi connectivity index (χ4v) is 11.3. The Bertz CT molecular complexity index is 4390. The molecular formula is C75H59IrN4O2. The van der Waals surface area contributed by atoms with Crippen LogP contribution in [0.25, 0.3) is 106 Å². The summed E-state index contributed by atoms with van der Waals surface area (Å²) in [5, 5.41) is 4.44. The molecule has 0 saturated heterocycles. The van der Waals surface area contributed by atoms with Crippen LogP contribution in [0.15, 0.2) is 234 Å². The van der Waals surface area contributed by atoms with Crippen molar-refractivity contribution in [3.63, 3.8) is 0 Å². The third-order valence-corrected chi connectivity index (χ3v) is 15.5. The molecule has 14 rings (SSSR count). The number of nitrogens with zero attached hydrogens (tertiary/aromatic N) is 4. The molecule has 6 nitrogen and oxygen atoms in total. The number of fused-ring (bicyclic) bond motifs is 7. The molecule has 82 heavy (non-hydrogen) atoms. The van der Waals surface area contributed by atoms with E-state index in [9.17, 15) is 0 Å². The smallest absolute Gasteiger partial charge is 0.501 e. The number of pyridine rings is 2. The van der Waals surface area contributed by atoms with Gasteiger partial charge >= 0.3 is 20.1 Å². The Hall–Kier alpha value is -9.00. The minimum Gasteiger partial charge on any atom is -0.501 e.